The van der Waals surface area contributed by atoms with Gasteiger partial charge in [0.15, 0.2) is 0 Å². The van der Waals surface area contributed by atoms with Crippen LogP contribution in [0.5, 0.6) is 0 Å². The fourth-order valence-electron chi connectivity index (χ4n) is 2.97. The minimum Gasteiger partial charge on any atom is -0.339 e. The first-order valence-corrected chi connectivity index (χ1v) is 9.49. The Kier molecular flexibility index (Phi) is 6.23. The molecule has 26 heavy (non-hydrogen) atoms. The first kappa shape index (κ1) is 18.4. The number of halogens is 1. The van der Waals surface area contributed by atoms with Gasteiger partial charge in [0.1, 0.15) is 0 Å². The zero-order valence-electron chi connectivity index (χ0n) is 14.4. The molecule has 0 spiro atoms. The number of benzene rings is 2. The molecule has 2 amide bonds. The first-order valence-electron chi connectivity index (χ1n) is 8.70. The van der Waals surface area contributed by atoms with Crippen LogP contribution in [0.4, 0.5) is 5.69 Å². The highest BCUT2D eigenvalue weighted by Gasteiger charge is 2.26. The van der Waals surface area contributed by atoms with Crippen LogP contribution in [0.25, 0.3) is 6.08 Å². The molecule has 2 aromatic rings. The Labute approximate surface area is 162 Å². The molecule has 0 aliphatic carbocycles. The van der Waals surface area contributed by atoms with Gasteiger partial charge in [-0.25, -0.2) is 0 Å². The Morgan fingerprint density at radius 1 is 1.00 bits per heavy atom. The minimum atomic E-state index is -0.0466. The third kappa shape index (κ3) is 5.05. The van der Waals surface area contributed by atoms with E-state index in [1.54, 1.807) is 6.08 Å². The number of amides is 2. The molecule has 0 atom stereocenters. The van der Waals surface area contributed by atoms with Crippen LogP contribution in [-0.2, 0) is 9.59 Å². The molecule has 1 fully saturated rings. The number of hydrogen-bond acceptors (Lipinski definition) is 2. The van der Waals surface area contributed by atoms with E-state index in [1.165, 1.54) is 0 Å². The molecule has 0 bridgehead atoms. The summed E-state index contributed by atoms with van der Waals surface area (Å²) in [5.41, 5.74) is 1.80. The van der Waals surface area contributed by atoms with Gasteiger partial charge in [0.05, 0.1) is 0 Å². The average molecular weight is 413 g/mol. The molecule has 1 saturated heterocycles. The summed E-state index contributed by atoms with van der Waals surface area (Å²) in [6.07, 6.45) is 4.81. The van der Waals surface area contributed by atoms with E-state index in [9.17, 15) is 9.59 Å². The second kappa shape index (κ2) is 8.81. The fraction of sp³-hybridized carbons (Fsp3) is 0.238. The number of carbonyl (C=O) groups is 2. The van der Waals surface area contributed by atoms with Crippen LogP contribution in [0, 0.1) is 5.92 Å². The molecule has 1 heterocycles. The summed E-state index contributed by atoms with van der Waals surface area (Å²) in [5, 5.41) is 2.95. The molecule has 2 aromatic carbocycles. The Morgan fingerprint density at radius 3 is 2.31 bits per heavy atom. The van der Waals surface area contributed by atoms with Gasteiger partial charge >= 0.3 is 0 Å². The van der Waals surface area contributed by atoms with Crippen LogP contribution >= 0.6 is 15.9 Å². The van der Waals surface area contributed by atoms with E-state index < -0.39 is 0 Å². The third-order valence-electron chi connectivity index (χ3n) is 4.51. The van der Waals surface area contributed by atoms with Crippen molar-refractivity contribution >= 4 is 39.5 Å². The van der Waals surface area contributed by atoms with Crippen molar-refractivity contribution in [3.05, 3.63) is 70.7 Å². The van der Waals surface area contributed by atoms with Gasteiger partial charge in [-0.15, -0.1) is 0 Å². The molecule has 3 rings (SSSR count). The highest BCUT2D eigenvalue weighted by atomic mass is 79.9. The zero-order valence-corrected chi connectivity index (χ0v) is 16.0. The van der Waals surface area contributed by atoms with Gasteiger partial charge in [-0.1, -0.05) is 46.3 Å². The number of piperidine rings is 1. The van der Waals surface area contributed by atoms with E-state index >= 15 is 0 Å². The lowest BCUT2D eigenvalue weighted by Crippen LogP contribution is -2.40. The van der Waals surface area contributed by atoms with Crippen LogP contribution in [0.2, 0.25) is 0 Å². The second-order valence-corrected chi connectivity index (χ2v) is 7.26. The van der Waals surface area contributed by atoms with E-state index in [-0.39, 0.29) is 17.7 Å². The van der Waals surface area contributed by atoms with Crippen molar-refractivity contribution in [2.45, 2.75) is 12.8 Å². The molecular weight excluding hydrogens is 392 g/mol. The zero-order chi connectivity index (χ0) is 18.4. The van der Waals surface area contributed by atoms with Crippen molar-refractivity contribution in [2.24, 2.45) is 5.92 Å². The highest BCUT2D eigenvalue weighted by molar-refractivity contribution is 9.10. The number of hydrogen-bond donors (Lipinski definition) is 1. The summed E-state index contributed by atoms with van der Waals surface area (Å²) in [6.45, 7) is 1.22. The molecule has 1 N–H and O–H groups in total. The summed E-state index contributed by atoms with van der Waals surface area (Å²) in [6, 6.07) is 17.3. The maximum Gasteiger partial charge on any atom is 0.246 e. The van der Waals surface area contributed by atoms with Crippen LogP contribution in [0.15, 0.2) is 65.1 Å². The maximum absolute atomic E-state index is 12.3. The summed E-state index contributed by atoms with van der Waals surface area (Å²) in [5.74, 6) is -0.0155. The van der Waals surface area contributed by atoms with Crippen molar-refractivity contribution in [3.8, 4) is 0 Å². The molecule has 1 aliphatic heterocycles. The highest BCUT2D eigenvalue weighted by Crippen LogP contribution is 2.20. The second-order valence-electron chi connectivity index (χ2n) is 6.34. The lowest BCUT2D eigenvalue weighted by Gasteiger charge is -2.30. The summed E-state index contributed by atoms with van der Waals surface area (Å²) in [4.78, 5) is 26.5. The molecule has 134 valence electrons. The topological polar surface area (TPSA) is 49.4 Å². The van der Waals surface area contributed by atoms with Crippen LogP contribution < -0.4 is 5.32 Å². The molecule has 5 heteroatoms. The molecule has 0 saturated carbocycles. The number of para-hydroxylation sites is 1. The number of rotatable bonds is 4. The van der Waals surface area contributed by atoms with Crippen molar-refractivity contribution < 1.29 is 9.59 Å². The van der Waals surface area contributed by atoms with Crippen molar-refractivity contribution in [3.63, 3.8) is 0 Å². The van der Waals surface area contributed by atoms with Gasteiger partial charge in [-0.3, -0.25) is 9.59 Å². The lowest BCUT2D eigenvalue weighted by atomic mass is 9.95. The van der Waals surface area contributed by atoms with Gasteiger partial charge in [0.25, 0.3) is 0 Å². The average Bonchev–Trinajstić information content (AvgIpc) is 2.68. The predicted octanol–water partition coefficient (Wildman–Crippen LogP) is 4.34. The Morgan fingerprint density at radius 2 is 1.65 bits per heavy atom. The SMILES string of the molecule is O=C(Nc1ccccc1)C1CCN(C(=O)/C=C/c2ccc(Br)cc2)CC1. The number of anilines is 1. The third-order valence-corrected chi connectivity index (χ3v) is 5.04. The predicted molar refractivity (Wildman–Crippen MR) is 108 cm³/mol. The summed E-state index contributed by atoms with van der Waals surface area (Å²) >= 11 is 3.39. The number of nitrogens with zero attached hydrogens (tertiary/aromatic N) is 1. The van der Waals surface area contributed by atoms with Crippen molar-refractivity contribution in [1.82, 2.24) is 4.90 Å². The monoisotopic (exact) mass is 412 g/mol. The van der Waals surface area contributed by atoms with Crippen LogP contribution in [0.3, 0.4) is 0 Å². The quantitative estimate of drug-likeness (QED) is 0.759. The molecule has 0 unspecified atom stereocenters. The summed E-state index contributed by atoms with van der Waals surface area (Å²) < 4.78 is 1.01. The normalized spacial score (nSPS) is 15.2. The smallest absolute Gasteiger partial charge is 0.246 e. The van der Waals surface area contributed by atoms with Crippen LogP contribution in [0.1, 0.15) is 18.4 Å². The van der Waals surface area contributed by atoms with Gasteiger partial charge < -0.3 is 10.2 Å². The van der Waals surface area contributed by atoms with E-state index in [1.807, 2.05) is 65.6 Å². The van der Waals surface area contributed by atoms with Gasteiger partial charge in [0, 0.05) is 35.2 Å². The Hall–Kier alpha value is -2.40. The molecule has 4 nitrogen and oxygen atoms in total. The molecular formula is C21H21BrN2O2. The van der Waals surface area contributed by atoms with Gasteiger partial charge in [0.2, 0.25) is 11.8 Å². The lowest BCUT2D eigenvalue weighted by molar-refractivity contribution is -0.130. The summed E-state index contributed by atoms with van der Waals surface area (Å²) in [7, 11) is 0. The Bertz CT molecular complexity index is 779. The van der Waals surface area contributed by atoms with E-state index in [4.69, 9.17) is 0 Å². The van der Waals surface area contributed by atoms with E-state index in [0.29, 0.717) is 25.9 Å². The van der Waals surface area contributed by atoms with E-state index in [2.05, 4.69) is 21.2 Å². The van der Waals surface area contributed by atoms with Crippen molar-refractivity contribution in [1.29, 1.82) is 0 Å². The van der Waals surface area contributed by atoms with E-state index in [0.717, 1.165) is 15.7 Å². The molecule has 1 aliphatic rings. The van der Waals surface area contributed by atoms with Gasteiger partial charge in [-0.2, -0.15) is 0 Å². The Balaban J connectivity index is 1.49. The maximum atomic E-state index is 12.3. The largest absolute Gasteiger partial charge is 0.339 e. The standard InChI is InChI=1S/C21H21BrN2O2/c22-18-9-6-16(7-10-18)8-11-20(25)24-14-12-17(13-15-24)21(26)23-19-4-2-1-3-5-19/h1-11,17H,12-15H2,(H,23,26)/b11-8+. The van der Waals surface area contributed by atoms with Crippen LogP contribution in [-0.4, -0.2) is 29.8 Å². The molecule has 0 radical (unpaired) electrons. The number of nitrogens with one attached hydrogen (secondary N) is 1. The van der Waals surface area contributed by atoms with Crippen molar-refractivity contribution in [2.75, 3.05) is 18.4 Å². The van der Waals surface area contributed by atoms with Gasteiger partial charge in [-0.05, 0) is 48.7 Å². The first-order chi connectivity index (χ1) is 12.6. The minimum absolute atomic E-state index is 0.00478. The molecule has 0 aromatic heterocycles. The fourth-order valence-corrected chi connectivity index (χ4v) is 3.24. The number of carbonyl (C=O) groups excluding carboxylic acids is 2. The number of likely N-dealkylation sites (tertiary alicyclic amines) is 1.